The van der Waals surface area contributed by atoms with Gasteiger partial charge in [0.05, 0.1) is 5.69 Å². The average Bonchev–Trinajstić information content (AvgIpc) is 2.39. The van der Waals surface area contributed by atoms with Crippen molar-refractivity contribution in [1.82, 2.24) is 10.3 Å². The Morgan fingerprint density at radius 3 is 2.76 bits per heavy atom. The molecule has 0 saturated heterocycles. The summed E-state index contributed by atoms with van der Waals surface area (Å²) in [4.78, 5) is 4.47. The molecule has 0 radical (unpaired) electrons. The molecular formula is C15H26N2. The van der Waals surface area contributed by atoms with Crippen LogP contribution in [0, 0.1) is 0 Å². The highest BCUT2D eigenvalue weighted by Crippen LogP contribution is 2.09. The lowest BCUT2D eigenvalue weighted by molar-refractivity contribution is 0.448. The Bertz CT molecular complexity index is 310. The summed E-state index contributed by atoms with van der Waals surface area (Å²) in [6, 6.07) is 4.84. The molecular weight excluding hydrogens is 208 g/mol. The summed E-state index contributed by atoms with van der Waals surface area (Å²) < 4.78 is 0. The van der Waals surface area contributed by atoms with E-state index in [1.807, 2.05) is 12.3 Å². The number of rotatable bonds is 8. The third kappa shape index (κ3) is 4.86. The molecule has 1 aromatic heterocycles. The molecule has 0 bridgehead atoms. The van der Waals surface area contributed by atoms with Crippen LogP contribution in [0.15, 0.2) is 18.3 Å². The zero-order valence-electron chi connectivity index (χ0n) is 11.5. The number of aryl methyl sites for hydroxylation is 1. The largest absolute Gasteiger partial charge is 0.308 e. The molecule has 0 fully saturated rings. The van der Waals surface area contributed by atoms with Crippen molar-refractivity contribution < 1.29 is 0 Å². The molecule has 96 valence electrons. The highest BCUT2D eigenvalue weighted by Gasteiger charge is 2.07. The van der Waals surface area contributed by atoms with Crippen molar-refractivity contribution in [2.45, 2.75) is 65.5 Å². The predicted octanol–water partition coefficient (Wildman–Crippen LogP) is 3.70. The predicted molar refractivity (Wildman–Crippen MR) is 74.1 cm³/mol. The first kappa shape index (κ1) is 14.2. The number of pyridine rings is 1. The Kier molecular flexibility index (Phi) is 6.87. The number of aromatic nitrogens is 1. The molecule has 17 heavy (non-hydrogen) atoms. The fraction of sp³-hybridized carbons (Fsp3) is 0.667. The van der Waals surface area contributed by atoms with Crippen LogP contribution in [0.2, 0.25) is 0 Å². The summed E-state index contributed by atoms with van der Waals surface area (Å²) in [5.74, 6) is 0. The quantitative estimate of drug-likeness (QED) is 0.742. The first-order valence-corrected chi connectivity index (χ1v) is 6.97. The van der Waals surface area contributed by atoms with Gasteiger partial charge in [-0.25, -0.2) is 0 Å². The fourth-order valence-corrected chi connectivity index (χ4v) is 2.09. The van der Waals surface area contributed by atoms with E-state index in [1.165, 1.54) is 36.9 Å². The van der Waals surface area contributed by atoms with Crippen LogP contribution in [0.1, 0.15) is 57.7 Å². The molecule has 0 aliphatic heterocycles. The monoisotopic (exact) mass is 234 g/mol. The van der Waals surface area contributed by atoms with E-state index < -0.39 is 0 Å². The van der Waals surface area contributed by atoms with Gasteiger partial charge in [0.2, 0.25) is 0 Å². The Morgan fingerprint density at radius 1 is 1.29 bits per heavy atom. The van der Waals surface area contributed by atoms with Crippen molar-refractivity contribution in [2.24, 2.45) is 0 Å². The number of nitrogens with one attached hydrogen (secondary N) is 1. The molecule has 0 aliphatic carbocycles. The molecule has 1 N–H and O–H groups in total. The van der Waals surface area contributed by atoms with Gasteiger partial charge in [0, 0.05) is 18.8 Å². The van der Waals surface area contributed by atoms with Crippen LogP contribution in [0.3, 0.4) is 0 Å². The molecule has 2 heteroatoms. The number of hydrogen-bond donors (Lipinski definition) is 1. The maximum Gasteiger partial charge on any atom is 0.0573 e. The average molecular weight is 234 g/mol. The normalized spacial score (nSPS) is 12.6. The van der Waals surface area contributed by atoms with Crippen LogP contribution in [-0.4, -0.2) is 11.0 Å². The maximum absolute atomic E-state index is 4.47. The lowest BCUT2D eigenvalue weighted by Gasteiger charge is -2.17. The van der Waals surface area contributed by atoms with E-state index in [0.717, 1.165) is 13.0 Å². The lowest BCUT2D eigenvalue weighted by Crippen LogP contribution is -2.28. The van der Waals surface area contributed by atoms with Crippen molar-refractivity contribution in [3.8, 4) is 0 Å². The van der Waals surface area contributed by atoms with Crippen LogP contribution in [0.5, 0.6) is 0 Å². The molecule has 0 spiro atoms. The number of unbranched alkanes of at least 4 members (excludes halogenated alkanes) is 1. The highest BCUT2D eigenvalue weighted by molar-refractivity contribution is 5.19. The highest BCUT2D eigenvalue weighted by atomic mass is 14.9. The number of nitrogens with zero attached hydrogens (tertiary/aromatic N) is 1. The molecule has 2 nitrogen and oxygen atoms in total. The second kappa shape index (κ2) is 8.24. The molecule has 0 saturated carbocycles. The summed E-state index contributed by atoms with van der Waals surface area (Å²) >= 11 is 0. The summed E-state index contributed by atoms with van der Waals surface area (Å²) in [5.41, 5.74) is 2.58. The van der Waals surface area contributed by atoms with Crippen LogP contribution in [-0.2, 0) is 13.0 Å². The molecule has 1 aromatic rings. The first-order chi connectivity index (χ1) is 8.31. The zero-order valence-corrected chi connectivity index (χ0v) is 11.5. The van der Waals surface area contributed by atoms with E-state index in [2.05, 4.69) is 37.1 Å². The standard InChI is InChI=1S/C15H26N2/c1-4-7-10-14(6-3)17-12-15-13(5-2)9-8-11-16-15/h8-9,11,14,17H,4-7,10,12H2,1-3H3. The second-order valence-electron chi connectivity index (χ2n) is 4.59. The lowest BCUT2D eigenvalue weighted by atomic mass is 10.1. The van der Waals surface area contributed by atoms with E-state index in [0.29, 0.717) is 6.04 Å². The van der Waals surface area contributed by atoms with Gasteiger partial charge in [0.15, 0.2) is 0 Å². The van der Waals surface area contributed by atoms with Gasteiger partial charge in [-0.15, -0.1) is 0 Å². The van der Waals surface area contributed by atoms with E-state index in [-0.39, 0.29) is 0 Å². The van der Waals surface area contributed by atoms with Crippen molar-refractivity contribution in [1.29, 1.82) is 0 Å². The van der Waals surface area contributed by atoms with Crippen molar-refractivity contribution >= 4 is 0 Å². The molecule has 0 aliphatic rings. The van der Waals surface area contributed by atoms with E-state index in [9.17, 15) is 0 Å². The third-order valence-corrected chi connectivity index (χ3v) is 3.32. The Morgan fingerprint density at radius 2 is 2.12 bits per heavy atom. The van der Waals surface area contributed by atoms with Gasteiger partial charge >= 0.3 is 0 Å². The van der Waals surface area contributed by atoms with Crippen molar-refractivity contribution in [3.05, 3.63) is 29.6 Å². The van der Waals surface area contributed by atoms with Gasteiger partial charge in [-0.1, -0.05) is 39.7 Å². The van der Waals surface area contributed by atoms with Gasteiger partial charge in [-0.3, -0.25) is 4.98 Å². The van der Waals surface area contributed by atoms with Gasteiger partial charge in [-0.05, 0) is 30.9 Å². The number of hydrogen-bond acceptors (Lipinski definition) is 2. The Labute approximate surface area is 106 Å². The van der Waals surface area contributed by atoms with Gasteiger partial charge in [-0.2, -0.15) is 0 Å². The second-order valence-corrected chi connectivity index (χ2v) is 4.59. The zero-order chi connectivity index (χ0) is 12.5. The molecule has 1 unspecified atom stereocenters. The minimum atomic E-state index is 0.640. The fourth-order valence-electron chi connectivity index (χ4n) is 2.09. The van der Waals surface area contributed by atoms with E-state index >= 15 is 0 Å². The van der Waals surface area contributed by atoms with E-state index in [4.69, 9.17) is 0 Å². The summed E-state index contributed by atoms with van der Waals surface area (Å²) in [5, 5.41) is 3.63. The Hall–Kier alpha value is -0.890. The molecule has 1 heterocycles. The minimum absolute atomic E-state index is 0.640. The van der Waals surface area contributed by atoms with Crippen LogP contribution in [0.4, 0.5) is 0 Å². The maximum atomic E-state index is 4.47. The van der Waals surface area contributed by atoms with Crippen LogP contribution < -0.4 is 5.32 Å². The van der Waals surface area contributed by atoms with Gasteiger partial charge in [0.25, 0.3) is 0 Å². The first-order valence-electron chi connectivity index (χ1n) is 6.97. The van der Waals surface area contributed by atoms with Crippen molar-refractivity contribution in [2.75, 3.05) is 0 Å². The van der Waals surface area contributed by atoms with Crippen molar-refractivity contribution in [3.63, 3.8) is 0 Å². The molecule has 0 aromatic carbocycles. The molecule has 0 amide bonds. The smallest absolute Gasteiger partial charge is 0.0573 e. The van der Waals surface area contributed by atoms with Gasteiger partial charge < -0.3 is 5.32 Å². The molecule has 1 atom stereocenters. The summed E-state index contributed by atoms with van der Waals surface area (Å²) in [6.07, 6.45) is 8.03. The minimum Gasteiger partial charge on any atom is -0.308 e. The summed E-state index contributed by atoms with van der Waals surface area (Å²) in [6.45, 7) is 7.61. The van der Waals surface area contributed by atoms with Crippen LogP contribution >= 0.6 is 0 Å². The SMILES string of the molecule is CCCCC(CC)NCc1ncccc1CC. The third-order valence-electron chi connectivity index (χ3n) is 3.32. The van der Waals surface area contributed by atoms with Gasteiger partial charge in [0.1, 0.15) is 0 Å². The van der Waals surface area contributed by atoms with E-state index in [1.54, 1.807) is 0 Å². The van der Waals surface area contributed by atoms with Crippen LogP contribution in [0.25, 0.3) is 0 Å². The Balaban J connectivity index is 2.47. The molecule has 1 rings (SSSR count). The summed E-state index contributed by atoms with van der Waals surface area (Å²) in [7, 11) is 0. The topological polar surface area (TPSA) is 24.9 Å².